The van der Waals surface area contributed by atoms with Gasteiger partial charge in [0, 0.05) is 12.1 Å². The maximum Gasteiger partial charge on any atom is 0.280 e. The zero-order chi connectivity index (χ0) is 17.6. The average molecular weight is 358 g/mol. The van der Waals surface area contributed by atoms with Crippen LogP contribution in [0.5, 0.6) is 0 Å². The number of ketones is 1. The number of anilines is 2. The minimum atomic E-state index is -0.557. The van der Waals surface area contributed by atoms with E-state index in [4.69, 9.17) is 5.73 Å². The molecule has 3 N–H and O–H groups in total. The van der Waals surface area contributed by atoms with Crippen LogP contribution in [-0.2, 0) is 0 Å². The first kappa shape index (κ1) is 16.0. The third-order valence-corrected chi connectivity index (χ3v) is 6.25. The van der Waals surface area contributed by atoms with Gasteiger partial charge in [-0.25, -0.2) is 4.98 Å². The number of benzene rings is 1. The summed E-state index contributed by atoms with van der Waals surface area (Å²) in [5, 5.41) is 15.2. The molecule has 0 radical (unpaired) electrons. The van der Waals surface area contributed by atoms with Crippen molar-refractivity contribution in [1.82, 2.24) is 4.98 Å². The molecule has 8 heteroatoms. The second-order valence-electron chi connectivity index (χ2n) is 6.76. The lowest BCUT2D eigenvalue weighted by molar-refractivity contribution is -0.385. The molecule has 2 aromatic rings. The molecule has 0 saturated heterocycles. The molecule has 130 valence electrons. The summed E-state index contributed by atoms with van der Waals surface area (Å²) >= 11 is 1.18. The Morgan fingerprint density at radius 1 is 1.32 bits per heavy atom. The first-order chi connectivity index (χ1) is 12.0. The summed E-state index contributed by atoms with van der Waals surface area (Å²) in [4.78, 5) is 27.8. The Hall–Kier alpha value is -2.48. The highest BCUT2D eigenvalue weighted by atomic mass is 32.1. The minimum absolute atomic E-state index is 0.0364. The maximum absolute atomic E-state index is 12.7. The topological polar surface area (TPSA) is 111 Å². The molecule has 1 aromatic carbocycles. The number of carbonyl (C=O) groups excluding carboxylic acids is 1. The van der Waals surface area contributed by atoms with Gasteiger partial charge in [0.25, 0.3) is 5.69 Å². The predicted octanol–water partition coefficient (Wildman–Crippen LogP) is 3.47. The largest absolute Gasteiger partial charge is 0.382 e. The Morgan fingerprint density at radius 3 is 2.80 bits per heavy atom. The van der Waals surface area contributed by atoms with E-state index in [-0.39, 0.29) is 21.9 Å². The Balaban J connectivity index is 1.58. The van der Waals surface area contributed by atoms with E-state index in [1.54, 1.807) is 6.07 Å². The van der Waals surface area contributed by atoms with E-state index in [1.165, 1.54) is 48.8 Å². The van der Waals surface area contributed by atoms with Crippen molar-refractivity contribution in [2.75, 3.05) is 11.1 Å². The van der Waals surface area contributed by atoms with Crippen LogP contribution in [0.25, 0.3) is 0 Å². The molecule has 2 bridgehead atoms. The molecule has 0 aliphatic heterocycles. The Bertz CT molecular complexity index is 850. The Labute approximate surface area is 148 Å². The number of para-hydroxylation sites is 1. The van der Waals surface area contributed by atoms with Crippen molar-refractivity contribution in [2.24, 2.45) is 11.8 Å². The van der Waals surface area contributed by atoms with Gasteiger partial charge in [-0.1, -0.05) is 29.9 Å². The third-order valence-electron chi connectivity index (χ3n) is 5.25. The summed E-state index contributed by atoms with van der Waals surface area (Å²) in [6.45, 7) is 0. The van der Waals surface area contributed by atoms with Gasteiger partial charge in [0.15, 0.2) is 5.13 Å². The first-order valence-corrected chi connectivity index (χ1v) is 9.15. The molecule has 7 nitrogen and oxygen atoms in total. The second-order valence-corrected chi connectivity index (χ2v) is 7.76. The number of nitro benzene ring substituents is 1. The number of nitrogens with two attached hydrogens (primary N) is 1. The quantitative estimate of drug-likeness (QED) is 0.481. The van der Waals surface area contributed by atoms with Gasteiger partial charge in [-0.3, -0.25) is 14.9 Å². The van der Waals surface area contributed by atoms with E-state index < -0.39 is 10.7 Å². The molecule has 0 amide bonds. The maximum atomic E-state index is 12.7. The summed E-state index contributed by atoms with van der Waals surface area (Å²) in [5.41, 5.74) is 5.74. The summed E-state index contributed by atoms with van der Waals surface area (Å²) in [7, 11) is 0. The van der Waals surface area contributed by atoms with Crippen molar-refractivity contribution >= 4 is 33.8 Å². The highest BCUT2D eigenvalue weighted by Gasteiger charge is 2.40. The van der Waals surface area contributed by atoms with E-state index >= 15 is 0 Å². The van der Waals surface area contributed by atoms with E-state index in [0.717, 1.165) is 12.3 Å². The number of fused-ring (bicyclic) bond motifs is 2. The van der Waals surface area contributed by atoms with Crippen molar-refractivity contribution in [2.45, 2.75) is 31.7 Å². The molecule has 1 aromatic heterocycles. The fraction of sp³-hybridized carbons (Fsp3) is 0.412. The lowest BCUT2D eigenvalue weighted by Gasteiger charge is -2.22. The smallest absolute Gasteiger partial charge is 0.280 e. The number of nitrogen functional groups attached to an aromatic ring is 1. The van der Waals surface area contributed by atoms with Crippen LogP contribution < -0.4 is 11.1 Å². The zero-order valence-corrected chi connectivity index (χ0v) is 14.3. The van der Waals surface area contributed by atoms with Gasteiger partial charge < -0.3 is 11.1 Å². The standard InChI is InChI=1S/C17H18N4O3S/c18-16-15(14(22)11-3-1-2-4-13(11)21(23)24)25-17(20-16)19-12-8-9-5-6-10(12)7-9/h1-4,9-10,12H,5-8,18H2,(H,19,20)/t9-,10+,12+/m0/s1. The zero-order valence-electron chi connectivity index (χ0n) is 13.5. The number of nitrogens with zero attached hydrogens (tertiary/aromatic N) is 2. The van der Waals surface area contributed by atoms with E-state index in [1.807, 2.05) is 0 Å². The predicted molar refractivity (Wildman–Crippen MR) is 95.9 cm³/mol. The average Bonchev–Trinajstić information content (AvgIpc) is 3.30. The van der Waals surface area contributed by atoms with Crippen LogP contribution in [0.4, 0.5) is 16.6 Å². The third kappa shape index (κ3) is 2.86. The van der Waals surface area contributed by atoms with Crippen LogP contribution in [0.15, 0.2) is 24.3 Å². The molecule has 2 saturated carbocycles. The fourth-order valence-electron chi connectivity index (χ4n) is 4.08. The second kappa shape index (κ2) is 6.11. The highest BCUT2D eigenvalue weighted by molar-refractivity contribution is 7.18. The molecule has 2 aliphatic carbocycles. The number of nitro groups is 1. The van der Waals surface area contributed by atoms with E-state index in [0.29, 0.717) is 17.1 Å². The number of hydrogen-bond donors (Lipinski definition) is 2. The summed E-state index contributed by atoms with van der Waals surface area (Å²) < 4.78 is 0. The Morgan fingerprint density at radius 2 is 2.12 bits per heavy atom. The molecule has 2 fully saturated rings. The van der Waals surface area contributed by atoms with Crippen molar-refractivity contribution in [3.63, 3.8) is 0 Å². The van der Waals surface area contributed by atoms with Gasteiger partial charge in [0.2, 0.25) is 5.78 Å². The monoisotopic (exact) mass is 358 g/mol. The van der Waals surface area contributed by atoms with Gasteiger partial charge in [0.05, 0.1) is 4.92 Å². The van der Waals surface area contributed by atoms with Crippen LogP contribution in [0.1, 0.15) is 40.9 Å². The van der Waals surface area contributed by atoms with Gasteiger partial charge >= 0.3 is 0 Å². The van der Waals surface area contributed by atoms with Crippen LogP contribution in [-0.4, -0.2) is 21.7 Å². The molecule has 25 heavy (non-hydrogen) atoms. The summed E-state index contributed by atoms with van der Waals surface area (Å²) in [5.74, 6) is 1.14. The summed E-state index contributed by atoms with van der Waals surface area (Å²) in [6, 6.07) is 6.29. The minimum Gasteiger partial charge on any atom is -0.382 e. The van der Waals surface area contributed by atoms with Gasteiger partial charge in [0.1, 0.15) is 16.3 Å². The van der Waals surface area contributed by atoms with Crippen LogP contribution >= 0.6 is 11.3 Å². The normalized spacial score (nSPS) is 24.4. The molecule has 0 spiro atoms. The number of rotatable bonds is 5. The number of aromatic nitrogens is 1. The Kier molecular flexibility index (Phi) is 3.91. The van der Waals surface area contributed by atoms with Crippen molar-refractivity contribution in [3.05, 3.63) is 44.8 Å². The number of thiazole rings is 1. The van der Waals surface area contributed by atoms with Crippen molar-refractivity contribution < 1.29 is 9.72 Å². The van der Waals surface area contributed by atoms with E-state index in [2.05, 4.69) is 10.3 Å². The molecule has 0 unspecified atom stereocenters. The first-order valence-electron chi connectivity index (χ1n) is 8.34. The summed E-state index contributed by atoms with van der Waals surface area (Å²) in [6.07, 6.45) is 4.95. The number of carbonyl (C=O) groups is 1. The lowest BCUT2D eigenvalue weighted by Crippen LogP contribution is -2.25. The fourth-order valence-corrected chi connectivity index (χ4v) is 4.98. The number of nitrogens with one attached hydrogen (secondary N) is 1. The van der Waals surface area contributed by atoms with Gasteiger partial charge in [-0.15, -0.1) is 0 Å². The number of hydrogen-bond acceptors (Lipinski definition) is 7. The highest BCUT2D eigenvalue weighted by Crippen LogP contribution is 2.46. The molecule has 2 aliphatic rings. The SMILES string of the molecule is Nc1nc(N[C@@H]2C[C@H]3CC[C@@H]2C3)sc1C(=O)c1ccccc1[N+](=O)[O-]. The van der Waals surface area contributed by atoms with Crippen molar-refractivity contribution in [1.29, 1.82) is 0 Å². The van der Waals surface area contributed by atoms with Crippen molar-refractivity contribution in [3.8, 4) is 0 Å². The van der Waals surface area contributed by atoms with Crippen LogP contribution in [0, 0.1) is 22.0 Å². The molecular weight excluding hydrogens is 340 g/mol. The molecule has 4 rings (SSSR count). The van der Waals surface area contributed by atoms with Gasteiger partial charge in [-0.05, 0) is 37.2 Å². The van der Waals surface area contributed by atoms with Crippen LogP contribution in [0.3, 0.4) is 0 Å². The van der Waals surface area contributed by atoms with E-state index in [9.17, 15) is 14.9 Å². The molecule has 3 atom stereocenters. The lowest BCUT2D eigenvalue weighted by atomic mass is 9.96. The van der Waals surface area contributed by atoms with Crippen LogP contribution in [0.2, 0.25) is 0 Å². The van der Waals surface area contributed by atoms with Gasteiger partial charge in [-0.2, -0.15) is 0 Å². The molecular formula is C17H18N4O3S. The molecule has 1 heterocycles.